The lowest BCUT2D eigenvalue weighted by Gasteiger charge is -2.40. The zero-order chi connectivity index (χ0) is 19.4. The van der Waals surface area contributed by atoms with E-state index in [0.717, 1.165) is 36.9 Å². The molecule has 1 fully saturated rings. The molecule has 0 atom stereocenters. The van der Waals surface area contributed by atoms with Crippen LogP contribution in [-0.4, -0.2) is 58.8 Å². The molecule has 28 heavy (non-hydrogen) atoms. The monoisotopic (exact) mass is 380 g/mol. The van der Waals surface area contributed by atoms with Gasteiger partial charge in [0.1, 0.15) is 11.2 Å². The standard InChI is InChI=1S/C17H20N10O/c1-10-20-21-13-4-5-14(22-27(10)13)26-7-11(8-26)6-18-17-19-15-12(9-24(2)23-15)16(28)25(17)3/h4-5,9,11H,6-8H2,1-3H3,(H,18,19,23). The molecule has 0 bridgehead atoms. The van der Waals surface area contributed by atoms with Crippen LogP contribution >= 0.6 is 0 Å². The van der Waals surface area contributed by atoms with Crippen LogP contribution in [-0.2, 0) is 14.1 Å². The van der Waals surface area contributed by atoms with Crippen molar-refractivity contribution >= 4 is 28.4 Å². The number of rotatable bonds is 4. The maximum absolute atomic E-state index is 12.4. The minimum absolute atomic E-state index is 0.0994. The van der Waals surface area contributed by atoms with E-state index in [4.69, 9.17) is 0 Å². The van der Waals surface area contributed by atoms with E-state index < -0.39 is 0 Å². The van der Waals surface area contributed by atoms with E-state index in [1.165, 1.54) is 4.57 Å². The summed E-state index contributed by atoms with van der Waals surface area (Å²) in [5.74, 6) is 2.66. The summed E-state index contributed by atoms with van der Waals surface area (Å²) in [6, 6.07) is 3.89. The number of nitrogens with one attached hydrogen (secondary N) is 1. The van der Waals surface area contributed by atoms with Crippen molar-refractivity contribution in [1.82, 2.24) is 39.1 Å². The van der Waals surface area contributed by atoms with Crippen LogP contribution in [0.1, 0.15) is 5.82 Å². The second-order valence-corrected chi connectivity index (χ2v) is 7.20. The van der Waals surface area contributed by atoms with Crippen molar-refractivity contribution < 1.29 is 0 Å². The largest absolute Gasteiger partial charge is 0.355 e. The summed E-state index contributed by atoms with van der Waals surface area (Å²) >= 11 is 0. The van der Waals surface area contributed by atoms with Crippen LogP contribution < -0.4 is 15.8 Å². The molecule has 5 rings (SSSR count). The summed E-state index contributed by atoms with van der Waals surface area (Å²) in [6.07, 6.45) is 1.69. The molecule has 0 unspecified atom stereocenters. The summed E-state index contributed by atoms with van der Waals surface area (Å²) in [5.41, 5.74) is 1.11. The third-order valence-electron chi connectivity index (χ3n) is 5.11. The number of fused-ring (bicyclic) bond motifs is 2. The van der Waals surface area contributed by atoms with Gasteiger partial charge >= 0.3 is 0 Å². The van der Waals surface area contributed by atoms with Crippen LogP contribution in [0.3, 0.4) is 0 Å². The molecule has 144 valence electrons. The van der Waals surface area contributed by atoms with Crippen molar-refractivity contribution in [1.29, 1.82) is 0 Å². The Morgan fingerprint density at radius 2 is 2.00 bits per heavy atom. The number of nitrogens with zero attached hydrogens (tertiary/aromatic N) is 9. The summed E-state index contributed by atoms with van der Waals surface area (Å²) in [7, 11) is 3.50. The van der Waals surface area contributed by atoms with Crippen LogP contribution in [0.5, 0.6) is 0 Å². The molecule has 4 aromatic rings. The second-order valence-electron chi connectivity index (χ2n) is 7.20. The average molecular weight is 380 g/mol. The van der Waals surface area contributed by atoms with E-state index in [0.29, 0.717) is 22.9 Å². The first-order chi connectivity index (χ1) is 13.5. The summed E-state index contributed by atoms with van der Waals surface area (Å²) in [6.45, 7) is 4.37. The molecule has 1 aliphatic heterocycles. The summed E-state index contributed by atoms with van der Waals surface area (Å²) < 4.78 is 4.89. The minimum atomic E-state index is -0.0994. The Labute approximate surface area is 159 Å². The van der Waals surface area contributed by atoms with Gasteiger partial charge in [0.15, 0.2) is 17.1 Å². The Hall–Kier alpha value is -3.50. The van der Waals surface area contributed by atoms with Crippen LogP contribution in [0.15, 0.2) is 23.1 Å². The van der Waals surface area contributed by atoms with Crippen LogP contribution in [0, 0.1) is 12.8 Å². The maximum atomic E-state index is 12.4. The predicted octanol–water partition coefficient (Wildman–Crippen LogP) is -0.0386. The van der Waals surface area contributed by atoms with Gasteiger partial charge in [-0.2, -0.15) is 14.6 Å². The molecule has 0 aliphatic carbocycles. The van der Waals surface area contributed by atoms with Crippen molar-refractivity contribution in [2.24, 2.45) is 20.0 Å². The average Bonchev–Trinajstić information content (AvgIpc) is 3.20. The highest BCUT2D eigenvalue weighted by Gasteiger charge is 2.28. The lowest BCUT2D eigenvalue weighted by Crippen LogP contribution is -2.50. The van der Waals surface area contributed by atoms with Gasteiger partial charge in [0.2, 0.25) is 5.95 Å². The molecule has 1 N–H and O–H groups in total. The first kappa shape index (κ1) is 16.7. The summed E-state index contributed by atoms with van der Waals surface area (Å²) in [5, 5.41) is 20.8. The SMILES string of the molecule is Cc1nnc2ccc(N3CC(CNc4nc5nn(C)cc5c(=O)n4C)C3)nn12. The van der Waals surface area contributed by atoms with Gasteiger partial charge in [-0.3, -0.25) is 14.0 Å². The van der Waals surface area contributed by atoms with Gasteiger partial charge in [0.25, 0.3) is 5.56 Å². The fraction of sp³-hybridized carbons (Fsp3) is 0.412. The molecule has 11 nitrogen and oxygen atoms in total. The van der Waals surface area contributed by atoms with Gasteiger partial charge in [-0.05, 0) is 19.1 Å². The van der Waals surface area contributed by atoms with Crippen molar-refractivity contribution in [2.45, 2.75) is 6.92 Å². The molecule has 0 radical (unpaired) electrons. The fourth-order valence-corrected chi connectivity index (χ4v) is 3.50. The minimum Gasteiger partial charge on any atom is -0.355 e. The van der Waals surface area contributed by atoms with E-state index in [-0.39, 0.29) is 5.56 Å². The van der Waals surface area contributed by atoms with Crippen LogP contribution in [0.2, 0.25) is 0 Å². The predicted molar refractivity (Wildman–Crippen MR) is 103 cm³/mol. The van der Waals surface area contributed by atoms with Crippen molar-refractivity contribution in [3.8, 4) is 0 Å². The number of hydrogen-bond donors (Lipinski definition) is 1. The molecular formula is C17H20N10O. The number of anilines is 2. The molecule has 4 aromatic heterocycles. The Kier molecular flexibility index (Phi) is 3.57. The van der Waals surface area contributed by atoms with Crippen molar-refractivity contribution in [2.75, 3.05) is 29.9 Å². The lowest BCUT2D eigenvalue weighted by molar-refractivity contribution is 0.423. The molecular weight excluding hydrogens is 360 g/mol. The van der Waals surface area contributed by atoms with Crippen LogP contribution in [0.25, 0.3) is 16.7 Å². The van der Waals surface area contributed by atoms with Gasteiger partial charge in [-0.15, -0.1) is 15.3 Å². The highest BCUT2D eigenvalue weighted by atomic mass is 16.1. The quantitative estimate of drug-likeness (QED) is 0.525. The van der Waals surface area contributed by atoms with Crippen molar-refractivity contribution in [3.05, 3.63) is 34.5 Å². The van der Waals surface area contributed by atoms with E-state index >= 15 is 0 Å². The summed E-state index contributed by atoms with van der Waals surface area (Å²) in [4.78, 5) is 19.1. The van der Waals surface area contributed by atoms with Gasteiger partial charge in [-0.1, -0.05) is 0 Å². The molecule has 1 aliphatic rings. The fourth-order valence-electron chi connectivity index (χ4n) is 3.50. The van der Waals surface area contributed by atoms with E-state index in [2.05, 4.69) is 35.6 Å². The molecule has 0 saturated carbocycles. The number of aryl methyl sites for hydroxylation is 2. The number of aromatic nitrogens is 8. The van der Waals surface area contributed by atoms with Gasteiger partial charge in [-0.25, -0.2) is 0 Å². The molecule has 11 heteroatoms. The molecule has 1 saturated heterocycles. The van der Waals surface area contributed by atoms with E-state index in [9.17, 15) is 4.79 Å². The molecule has 0 aromatic carbocycles. The van der Waals surface area contributed by atoms with Gasteiger partial charge in [0, 0.05) is 45.8 Å². The smallest absolute Gasteiger partial charge is 0.265 e. The molecule has 0 amide bonds. The molecule has 0 spiro atoms. The Morgan fingerprint density at radius 1 is 1.18 bits per heavy atom. The first-order valence-electron chi connectivity index (χ1n) is 9.08. The normalized spacial score (nSPS) is 14.8. The first-order valence-corrected chi connectivity index (χ1v) is 9.08. The van der Waals surface area contributed by atoms with Gasteiger partial charge < -0.3 is 10.2 Å². The van der Waals surface area contributed by atoms with Gasteiger partial charge in [0.05, 0.1) is 0 Å². The highest BCUT2D eigenvalue weighted by molar-refractivity contribution is 5.74. The molecule has 5 heterocycles. The Morgan fingerprint density at radius 3 is 2.82 bits per heavy atom. The Bertz CT molecular complexity index is 1250. The zero-order valence-electron chi connectivity index (χ0n) is 15.9. The second kappa shape index (κ2) is 6.01. The third-order valence-corrected chi connectivity index (χ3v) is 5.11. The van der Waals surface area contributed by atoms with Crippen LogP contribution in [0.4, 0.5) is 11.8 Å². The zero-order valence-corrected chi connectivity index (χ0v) is 15.9. The number of hydrogen-bond acceptors (Lipinski definition) is 8. The topological polar surface area (TPSA) is 111 Å². The Balaban J connectivity index is 1.26. The highest BCUT2D eigenvalue weighted by Crippen LogP contribution is 2.23. The van der Waals surface area contributed by atoms with E-state index in [1.807, 2.05) is 19.1 Å². The van der Waals surface area contributed by atoms with E-state index in [1.54, 1.807) is 29.5 Å². The lowest BCUT2D eigenvalue weighted by atomic mass is 10.0. The maximum Gasteiger partial charge on any atom is 0.265 e. The third kappa shape index (κ3) is 2.58. The van der Waals surface area contributed by atoms with Crippen molar-refractivity contribution in [3.63, 3.8) is 0 Å².